The Kier molecular flexibility index (Phi) is 6.11. The van der Waals surface area contributed by atoms with E-state index in [9.17, 15) is 13.2 Å². The van der Waals surface area contributed by atoms with E-state index in [0.29, 0.717) is 13.2 Å². The Morgan fingerprint density at radius 2 is 1.86 bits per heavy atom. The Bertz CT molecular complexity index is 147. The van der Waals surface area contributed by atoms with Crippen molar-refractivity contribution in [3.63, 3.8) is 0 Å². The van der Waals surface area contributed by atoms with Gasteiger partial charge < -0.3 is 10.1 Å². The minimum atomic E-state index is -4.15. The predicted octanol–water partition coefficient (Wildman–Crippen LogP) is 2.20. The topological polar surface area (TPSA) is 21.3 Å². The van der Waals surface area contributed by atoms with E-state index in [1.807, 2.05) is 20.8 Å². The number of hydrogen-bond acceptors (Lipinski definition) is 2. The lowest BCUT2D eigenvalue weighted by atomic mass is 10.1. The van der Waals surface area contributed by atoms with Crippen LogP contribution < -0.4 is 5.32 Å². The van der Waals surface area contributed by atoms with E-state index in [-0.39, 0.29) is 12.0 Å². The van der Waals surface area contributed by atoms with Crippen molar-refractivity contribution in [1.29, 1.82) is 0 Å². The van der Waals surface area contributed by atoms with Crippen LogP contribution >= 0.6 is 0 Å². The summed E-state index contributed by atoms with van der Waals surface area (Å²) in [5, 5.41) is 2.44. The van der Waals surface area contributed by atoms with Crippen LogP contribution in [0.4, 0.5) is 13.2 Å². The predicted molar refractivity (Wildman–Crippen MR) is 49.2 cm³/mol. The van der Waals surface area contributed by atoms with Crippen LogP contribution in [0.1, 0.15) is 20.8 Å². The van der Waals surface area contributed by atoms with E-state index in [1.165, 1.54) is 0 Å². The summed E-state index contributed by atoms with van der Waals surface area (Å²) >= 11 is 0. The van der Waals surface area contributed by atoms with Gasteiger partial charge in [0, 0.05) is 12.6 Å². The van der Waals surface area contributed by atoms with Crippen LogP contribution in [0.5, 0.6) is 0 Å². The number of halogens is 3. The number of alkyl halides is 3. The SMILES string of the molecule is CCOCC(NCC(F)(F)F)C(C)C. The lowest BCUT2D eigenvalue weighted by Crippen LogP contribution is -2.43. The molecule has 5 heteroatoms. The van der Waals surface area contributed by atoms with Crippen LogP contribution in [-0.2, 0) is 4.74 Å². The second-order valence-corrected chi connectivity index (χ2v) is 3.51. The molecule has 0 fully saturated rings. The maximum absolute atomic E-state index is 11.9. The molecule has 0 aliphatic heterocycles. The molecule has 0 spiro atoms. The number of nitrogens with one attached hydrogen (secondary N) is 1. The van der Waals surface area contributed by atoms with Crippen molar-refractivity contribution in [2.75, 3.05) is 19.8 Å². The average Bonchev–Trinajstić information content (AvgIpc) is 2.01. The summed E-state index contributed by atoms with van der Waals surface area (Å²) in [4.78, 5) is 0. The largest absolute Gasteiger partial charge is 0.401 e. The Morgan fingerprint density at radius 1 is 1.29 bits per heavy atom. The molecule has 0 rings (SSSR count). The first-order chi connectivity index (χ1) is 6.37. The summed E-state index contributed by atoms with van der Waals surface area (Å²) in [5.74, 6) is 0.129. The first-order valence-corrected chi connectivity index (χ1v) is 4.74. The van der Waals surface area contributed by atoms with Gasteiger partial charge >= 0.3 is 6.18 Å². The van der Waals surface area contributed by atoms with Crippen molar-refractivity contribution in [1.82, 2.24) is 5.32 Å². The first-order valence-electron chi connectivity index (χ1n) is 4.74. The van der Waals surface area contributed by atoms with Crippen molar-refractivity contribution in [2.45, 2.75) is 33.0 Å². The lowest BCUT2D eigenvalue weighted by Gasteiger charge is -2.22. The molecule has 0 aromatic heterocycles. The van der Waals surface area contributed by atoms with E-state index in [0.717, 1.165) is 0 Å². The van der Waals surface area contributed by atoms with Crippen molar-refractivity contribution < 1.29 is 17.9 Å². The van der Waals surface area contributed by atoms with Gasteiger partial charge in [-0.25, -0.2) is 0 Å². The fourth-order valence-corrected chi connectivity index (χ4v) is 0.979. The molecule has 0 heterocycles. The number of rotatable bonds is 6. The summed E-state index contributed by atoms with van der Waals surface area (Å²) in [7, 11) is 0. The highest BCUT2D eigenvalue weighted by atomic mass is 19.4. The third-order valence-electron chi connectivity index (χ3n) is 1.87. The quantitative estimate of drug-likeness (QED) is 0.730. The molecule has 0 saturated heterocycles. The number of ether oxygens (including phenoxy) is 1. The second kappa shape index (κ2) is 6.24. The van der Waals surface area contributed by atoms with Gasteiger partial charge in [-0.05, 0) is 12.8 Å². The monoisotopic (exact) mass is 213 g/mol. The molecule has 86 valence electrons. The molecule has 1 unspecified atom stereocenters. The zero-order valence-electron chi connectivity index (χ0n) is 8.82. The zero-order chi connectivity index (χ0) is 11.2. The molecule has 0 aliphatic rings. The van der Waals surface area contributed by atoms with Crippen LogP contribution in [0.3, 0.4) is 0 Å². The molecule has 0 amide bonds. The van der Waals surface area contributed by atoms with Crippen LogP contribution in [-0.4, -0.2) is 32.0 Å². The molecule has 0 aromatic carbocycles. The van der Waals surface area contributed by atoms with E-state index >= 15 is 0 Å². The summed E-state index contributed by atoms with van der Waals surface area (Å²) in [6.45, 7) is 5.45. The first kappa shape index (κ1) is 13.7. The van der Waals surface area contributed by atoms with Gasteiger partial charge in [0.15, 0.2) is 0 Å². The molecule has 1 atom stereocenters. The maximum atomic E-state index is 11.9. The molecule has 14 heavy (non-hydrogen) atoms. The van der Waals surface area contributed by atoms with Crippen molar-refractivity contribution in [2.24, 2.45) is 5.92 Å². The van der Waals surface area contributed by atoms with Gasteiger partial charge in [-0.15, -0.1) is 0 Å². The molecule has 1 N–H and O–H groups in total. The highest BCUT2D eigenvalue weighted by molar-refractivity contribution is 4.71. The van der Waals surface area contributed by atoms with Gasteiger partial charge in [-0.2, -0.15) is 13.2 Å². The summed E-state index contributed by atoms with van der Waals surface area (Å²) < 4.78 is 40.8. The van der Waals surface area contributed by atoms with Gasteiger partial charge in [0.25, 0.3) is 0 Å². The number of hydrogen-bond donors (Lipinski definition) is 1. The molecule has 2 nitrogen and oxygen atoms in total. The van der Waals surface area contributed by atoms with Crippen LogP contribution in [0.2, 0.25) is 0 Å². The Hall–Kier alpha value is -0.290. The Morgan fingerprint density at radius 3 is 2.21 bits per heavy atom. The fraction of sp³-hybridized carbons (Fsp3) is 1.00. The molecule has 0 radical (unpaired) electrons. The van der Waals surface area contributed by atoms with Crippen molar-refractivity contribution in [3.05, 3.63) is 0 Å². The summed E-state index contributed by atoms with van der Waals surface area (Å²) in [6.07, 6.45) is -4.15. The van der Waals surface area contributed by atoms with E-state index in [4.69, 9.17) is 4.74 Å². The summed E-state index contributed by atoms with van der Waals surface area (Å²) in [5.41, 5.74) is 0. The second-order valence-electron chi connectivity index (χ2n) is 3.51. The summed E-state index contributed by atoms with van der Waals surface area (Å²) in [6, 6.07) is -0.239. The molecule has 0 saturated carbocycles. The molecule has 0 aromatic rings. The highest BCUT2D eigenvalue weighted by Gasteiger charge is 2.28. The average molecular weight is 213 g/mol. The fourth-order valence-electron chi connectivity index (χ4n) is 0.979. The van der Waals surface area contributed by atoms with Crippen LogP contribution in [0, 0.1) is 5.92 Å². The van der Waals surface area contributed by atoms with E-state index in [1.54, 1.807) is 0 Å². The normalized spacial score (nSPS) is 14.8. The van der Waals surface area contributed by atoms with Gasteiger partial charge in [0.2, 0.25) is 0 Å². The van der Waals surface area contributed by atoms with Crippen LogP contribution in [0.25, 0.3) is 0 Å². The van der Waals surface area contributed by atoms with E-state index in [2.05, 4.69) is 5.32 Å². The molecular weight excluding hydrogens is 195 g/mol. The zero-order valence-corrected chi connectivity index (χ0v) is 8.82. The van der Waals surface area contributed by atoms with Gasteiger partial charge in [-0.3, -0.25) is 0 Å². The van der Waals surface area contributed by atoms with Crippen molar-refractivity contribution in [3.8, 4) is 0 Å². The molecule has 0 bridgehead atoms. The van der Waals surface area contributed by atoms with Gasteiger partial charge in [-0.1, -0.05) is 13.8 Å². The Balaban J connectivity index is 3.85. The smallest absolute Gasteiger partial charge is 0.380 e. The lowest BCUT2D eigenvalue weighted by molar-refractivity contribution is -0.127. The minimum absolute atomic E-state index is 0.129. The Labute approximate surface area is 82.8 Å². The van der Waals surface area contributed by atoms with Gasteiger partial charge in [0.1, 0.15) is 0 Å². The van der Waals surface area contributed by atoms with Crippen molar-refractivity contribution >= 4 is 0 Å². The highest BCUT2D eigenvalue weighted by Crippen LogP contribution is 2.13. The standard InChI is InChI=1S/C9H18F3NO/c1-4-14-5-8(7(2)3)13-6-9(10,11)12/h7-8,13H,4-6H2,1-3H3. The van der Waals surface area contributed by atoms with Crippen LogP contribution in [0.15, 0.2) is 0 Å². The maximum Gasteiger partial charge on any atom is 0.401 e. The van der Waals surface area contributed by atoms with E-state index < -0.39 is 12.7 Å². The molecule has 0 aliphatic carbocycles. The third-order valence-corrected chi connectivity index (χ3v) is 1.87. The minimum Gasteiger partial charge on any atom is -0.380 e. The third kappa shape index (κ3) is 7.15. The molecular formula is C9H18F3NO. The van der Waals surface area contributed by atoms with Gasteiger partial charge in [0.05, 0.1) is 13.2 Å².